The molecule has 2 aliphatic carbocycles. The molecule has 1 aromatic heterocycles. The molecule has 0 unspecified atom stereocenters. The number of halogens is 1. The number of guanidine groups is 1. The standard InChI is InChI=1S/C19H28N4O2.HI/c1-20-19(21-13-16(14-4-5-14)15-6-7-15)23-10-8-22(9-11-23)18(24)17-3-2-12-25-17;/h2-3,12,14-16H,4-11,13H2,1H3,(H,20,21);1H. The van der Waals surface area contributed by atoms with Crippen LogP contribution >= 0.6 is 24.0 Å². The lowest BCUT2D eigenvalue weighted by atomic mass is 9.98. The summed E-state index contributed by atoms with van der Waals surface area (Å²) in [7, 11) is 1.85. The number of amides is 1. The molecule has 6 nitrogen and oxygen atoms in total. The zero-order valence-corrected chi connectivity index (χ0v) is 17.7. The topological polar surface area (TPSA) is 61.1 Å². The third kappa shape index (κ3) is 4.53. The van der Waals surface area contributed by atoms with Gasteiger partial charge in [-0.15, -0.1) is 24.0 Å². The van der Waals surface area contributed by atoms with Crippen LogP contribution in [0.15, 0.2) is 27.8 Å². The lowest BCUT2D eigenvalue weighted by Crippen LogP contribution is -2.54. The summed E-state index contributed by atoms with van der Waals surface area (Å²) in [6.45, 7) is 4.07. The van der Waals surface area contributed by atoms with Crippen molar-refractivity contribution in [3.05, 3.63) is 24.2 Å². The molecule has 1 amide bonds. The first kappa shape index (κ1) is 19.5. The average Bonchev–Trinajstić information content (AvgIpc) is 3.59. The highest BCUT2D eigenvalue weighted by molar-refractivity contribution is 14.0. The molecule has 26 heavy (non-hydrogen) atoms. The summed E-state index contributed by atoms with van der Waals surface area (Å²) in [5.41, 5.74) is 0. The van der Waals surface area contributed by atoms with Gasteiger partial charge in [-0.05, 0) is 55.6 Å². The van der Waals surface area contributed by atoms with Crippen LogP contribution in [0.25, 0.3) is 0 Å². The molecule has 144 valence electrons. The Kier molecular flexibility index (Phi) is 6.47. The number of carbonyl (C=O) groups is 1. The van der Waals surface area contributed by atoms with Crippen molar-refractivity contribution in [2.45, 2.75) is 25.7 Å². The third-order valence-corrected chi connectivity index (χ3v) is 5.76. The van der Waals surface area contributed by atoms with Crippen LogP contribution in [0.4, 0.5) is 0 Å². The average molecular weight is 472 g/mol. The van der Waals surface area contributed by atoms with Crippen LogP contribution in [0.2, 0.25) is 0 Å². The van der Waals surface area contributed by atoms with Gasteiger partial charge in [-0.25, -0.2) is 0 Å². The molecule has 1 aliphatic heterocycles. The minimum atomic E-state index is -0.0184. The van der Waals surface area contributed by atoms with Gasteiger partial charge in [0.15, 0.2) is 11.7 Å². The fourth-order valence-electron chi connectivity index (χ4n) is 3.99. The van der Waals surface area contributed by atoms with Crippen molar-refractivity contribution in [3.63, 3.8) is 0 Å². The number of hydrogen-bond donors (Lipinski definition) is 1. The number of carbonyl (C=O) groups excluding carboxylic acids is 1. The fraction of sp³-hybridized carbons (Fsp3) is 0.684. The van der Waals surface area contributed by atoms with Gasteiger partial charge in [0.25, 0.3) is 5.91 Å². The second-order valence-corrected chi connectivity index (χ2v) is 7.52. The Morgan fingerprint density at radius 1 is 1.19 bits per heavy atom. The lowest BCUT2D eigenvalue weighted by Gasteiger charge is -2.36. The molecule has 2 saturated carbocycles. The van der Waals surface area contributed by atoms with Crippen molar-refractivity contribution in [3.8, 4) is 0 Å². The molecule has 4 rings (SSSR count). The van der Waals surface area contributed by atoms with Crippen LogP contribution in [0.5, 0.6) is 0 Å². The Morgan fingerprint density at radius 3 is 2.31 bits per heavy atom. The van der Waals surface area contributed by atoms with Crippen LogP contribution in [-0.2, 0) is 0 Å². The van der Waals surface area contributed by atoms with Crippen molar-refractivity contribution in [2.24, 2.45) is 22.7 Å². The molecule has 7 heteroatoms. The number of aliphatic imine (C=N–C) groups is 1. The van der Waals surface area contributed by atoms with Gasteiger partial charge in [0, 0.05) is 39.8 Å². The third-order valence-electron chi connectivity index (χ3n) is 5.76. The predicted octanol–water partition coefficient (Wildman–Crippen LogP) is 2.67. The van der Waals surface area contributed by atoms with Gasteiger partial charge in [-0.2, -0.15) is 0 Å². The molecule has 1 aromatic rings. The molecular formula is C19H29IN4O2. The maximum absolute atomic E-state index is 12.4. The summed E-state index contributed by atoms with van der Waals surface area (Å²) >= 11 is 0. The first-order valence-corrected chi connectivity index (χ1v) is 9.54. The van der Waals surface area contributed by atoms with E-state index >= 15 is 0 Å². The predicted molar refractivity (Wildman–Crippen MR) is 112 cm³/mol. The Balaban J connectivity index is 0.00000196. The van der Waals surface area contributed by atoms with Crippen molar-refractivity contribution in [1.82, 2.24) is 15.1 Å². The molecule has 0 aromatic carbocycles. The summed E-state index contributed by atoms with van der Waals surface area (Å²) in [6.07, 6.45) is 7.19. The minimum Gasteiger partial charge on any atom is -0.459 e. The first-order chi connectivity index (χ1) is 12.3. The lowest BCUT2D eigenvalue weighted by molar-refractivity contribution is 0.0657. The van der Waals surface area contributed by atoms with Gasteiger partial charge in [0.2, 0.25) is 0 Å². The van der Waals surface area contributed by atoms with E-state index in [1.54, 1.807) is 18.4 Å². The number of nitrogens with one attached hydrogen (secondary N) is 1. The molecule has 0 radical (unpaired) electrons. The fourth-order valence-corrected chi connectivity index (χ4v) is 3.99. The van der Waals surface area contributed by atoms with Crippen LogP contribution in [0, 0.1) is 17.8 Å². The van der Waals surface area contributed by atoms with Crippen LogP contribution in [0.3, 0.4) is 0 Å². The highest BCUT2D eigenvalue weighted by Gasteiger charge is 2.41. The van der Waals surface area contributed by atoms with E-state index in [1.165, 1.54) is 25.7 Å². The molecule has 1 saturated heterocycles. The number of nitrogens with zero attached hydrogens (tertiary/aromatic N) is 3. The van der Waals surface area contributed by atoms with Crippen molar-refractivity contribution in [1.29, 1.82) is 0 Å². The highest BCUT2D eigenvalue weighted by Crippen LogP contribution is 2.48. The summed E-state index contributed by atoms with van der Waals surface area (Å²) < 4.78 is 5.22. The van der Waals surface area contributed by atoms with Crippen molar-refractivity contribution >= 4 is 35.8 Å². The molecule has 1 N–H and O–H groups in total. The SMILES string of the molecule is CN=C(NCC(C1CC1)C1CC1)N1CCN(C(=O)c2ccco2)CC1.I. The largest absolute Gasteiger partial charge is 0.459 e. The zero-order chi connectivity index (χ0) is 17.2. The van der Waals surface area contributed by atoms with E-state index in [1.807, 2.05) is 11.9 Å². The maximum Gasteiger partial charge on any atom is 0.289 e. The second-order valence-electron chi connectivity index (χ2n) is 7.52. The number of furan rings is 1. The zero-order valence-electron chi connectivity index (χ0n) is 15.4. The number of piperazine rings is 1. The number of hydrogen-bond acceptors (Lipinski definition) is 3. The Hall–Kier alpha value is -1.25. The maximum atomic E-state index is 12.4. The molecule has 0 atom stereocenters. The van der Waals surface area contributed by atoms with Gasteiger partial charge < -0.3 is 19.5 Å². The molecule has 3 aliphatic rings. The second kappa shape index (κ2) is 8.63. The Labute approximate surface area is 172 Å². The van der Waals surface area contributed by atoms with Gasteiger partial charge in [-0.1, -0.05) is 0 Å². The molecule has 3 fully saturated rings. The summed E-state index contributed by atoms with van der Waals surface area (Å²) in [4.78, 5) is 21.0. The van der Waals surface area contributed by atoms with Gasteiger partial charge in [0.05, 0.1) is 6.26 Å². The van der Waals surface area contributed by atoms with E-state index in [2.05, 4.69) is 15.2 Å². The Morgan fingerprint density at radius 2 is 1.81 bits per heavy atom. The van der Waals surface area contributed by atoms with Crippen molar-refractivity contribution in [2.75, 3.05) is 39.8 Å². The molecule has 2 heterocycles. The molecular weight excluding hydrogens is 443 g/mol. The van der Waals surface area contributed by atoms with Crippen LogP contribution in [0.1, 0.15) is 36.2 Å². The van der Waals surface area contributed by atoms with E-state index < -0.39 is 0 Å². The minimum absolute atomic E-state index is 0. The molecule has 0 bridgehead atoms. The van der Waals surface area contributed by atoms with Crippen LogP contribution < -0.4 is 5.32 Å². The summed E-state index contributed by atoms with van der Waals surface area (Å²) in [6, 6.07) is 3.48. The van der Waals surface area contributed by atoms with Crippen molar-refractivity contribution < 1.29 is 9.21 Å². The van der Waals surface area contributed by atoms with E-state index in [0.717, 1.165) is 43.3 Å². The monoisotopic (exact) mass is 472 g/mol. The van der Waals surface area contributed by atoms with Gasteiger partial charge in [0.1, 0.15) is 0 Å². The van der Waals surface area contributed by atoms with E-state index in [4.69, 9.17) is 4.42 Å². The smallest absolute Gasteiger partial charge is 0.289 e. The quantitative estimate of drug-likeness (QED) is 0.407. The number of rotatable bonds is 5. The highest BCUT2D eigenvalue weighted by atomic mass is 127. The molecule has 0 spiro atoms. The van der Waals surface area contributed by atoms with E-state index in [0.29, 0.717) is 18.8 Å². The van der Waals surface area contributed by atoms with E-state index in [9.17, 15) is 4.79 Å². The Bertz CT molecular complexity index is 605. The van der Waals surface area contributed by atoms with E-state index in [-0.39, 0.29) is 29.9 Å². The van der Waals surface area contributed by atoms with Gasteiger partial charge >= 0.3 is 0 Å². The summed E-state index contributed by atoms with van der Waals surface area (Å²) in [5, 5.41) is 3.61. The van der Waals surface area contributed by atoms with Gasteiger partial charge in [-0.3, -0.25) is 9.79 Å². The normalized spacial score (nSPS) is 20.9. The first-order valence-electron chi connectivity index (χ1n) is 9.54. The summed E-state index contributed by atoms with van der Waals surface area (Å²) in [5.74, 6) is 4.11. The van der Waals surface area contributed by atoms with Crippen LogP contribution in [-0.4, -0.2) is 61.4 Å².